The van der Waals surface area contributed by atoms with Crippen molar-refractivity contribution < 1.29 is 9.18 Å². The van der Waals surface area contributed by atoms with Gasteiger partial charge in [0.15, 0.2) is 5.78 Å². The predicted octanol–water partition coefficient (Wildman–Crippen LogP) is 2.67. The zero-order valence-corrected chi connectivity index (χ0v) is 14.4. The van der Waals surface area contributed by atoms with Gasteiger partial charge in [0.1, 0.15) is 0 Å². The van der Waals surface area contributed by atoms with Gasteiger partial charge in [0, 0.05) is 41.3 Å². The number of nitrogens with two attached hydrogens (primary N) is 1. The first-order chi connectivity index (χ1) is 12.5. The van der Waals surface area contributed by atoms with Crippen LogP contribution in [0.4, 0.5) is 10.1 Å². The van der Waals surface area contributed by atoms with E-state index in [0.29, 0.717) is 18.7 Å². The molecule has 2 N–H and O–H groups in total. The number of carbonyl (C=O) groups is 1. The lowest BCUT2D eigenvalue weighted by Gasteiger charge is -2.36. The first kappa shape index (κ1) is 16.5. The fourth-order valence-corrected chi connectivity index (χ4v) is 3.76. The number of benzene rings is 1. The van der Waals surface area contributed by atoms with Crippen LogP contribution in [0.25, 0.3) is 11.1 Å². The zero-order chi connectivity index (χ0) is 18.3. The third-order valence-corrected chi connectivity index (χ3v) is 4.77. The molecule has 26 heavy (non-hydrogen) atoms. The summed E-state index contributed by atoms with van der Waals surface area (Å²) in [6.07, 6.45) is 3.22. The van der Waals surface area contributed by atoms with Crippen molar-refractivity contribution in [1.29, 1.82) is 0 Å². The van der Waals surface area contributed by atoms with Gasteiger partial charge >= 0.3 is 0 Å². The van der Waals surface area contributed by atoms with Gasteiger partial charge in [0.25, 0.3) is 0 Å². The van der Waals surface area contributed by atoms with E-state index in [1.807, 2.05) is 36.1 Å². The lowest BCUT2D eigenvalue weighted by atomic mass is 9.90. The maximum absolute atomic E-state index is 14.2. The molecule has 0 spiro atoms. The number of nitrogens with zero attached hydrogens (tertiary/aromatic N) is 3. The Kier molecular flexibility index (Phi) is 4.05. The van der Waals surface area contributed by atoms with Crippen LogP contribution in [-0.4, -0.2) is 35.4 Å². The SMILES string of the molecule is CC1=CN(N)CC2=C1C(=O)CN(c1ccccc1-c1cccnc1F)C2. The summed E-state index contributed by atoms with van der Waals surface area (Å²) in [7, 11) is 0. The number of aromatic nitrogens is 1. The van der Waals surface area contributed by atoms with E-state index in [-0.39, 0.29) is 12.3 Å². The van der Waals surface area contributed by atoms with Gasteiger partial charge in [-0.3, -0.25) is 4.79 Å². The van der Waals surface area contributed by atoms with Gasteiger partial charge in [-0.1, -0.05) is 18.2 Å². The summed E-state index contributed by atoms with van der Waals surface area (Å²) in [6.45, 7) is 3.26. The summed E-state index contributed by atoms with van der Waals surface area (Å²) in [4.78, 5) is 18.5. The Bertz CT molecular complexity index is 950. The van der Waals surface area contributed by atoms with Crippen LogP contribution >= 0.6 is 0 Å². The number of rotatable bonds is 2. The maximum atomic E-state index is 14.2. The average Bonchev–Trinajstić information content (AvgIpc) is 2.61. The molecule has 0 saturated heterocycles. The second-order valence-corrected chi connectivity index (χ2v) is 6.60. The molecule has 2 aliphatic heterocycles. The van der Waals surface area contributed by atoms with E-state index in [1.54, 1.807) is 23.3 Å². The van der Waals surface area contributed by atoms with Gasteiger partial charge in [0.05, 0.1) is 13.1 Å². The summed E-state index contributed by atoms with van der Waals surface area (Å²) in [5.74, 6) is 5.48. The first-order valence-corrected chi connectivity index (χ1v) is 8.45. The Morgan fingerprint density at radius 3 is 2.65 bits per heavy atom. The Hall–Kier alpha value is -2.99. The van der Waals surface area contributed by atoms with Crippen molar-refractivity contribution in [3.05, 3.63) is 71.5 Å². The lowest BCUT2D eigenvalue weighted by molar-refractivity contribution is -0.114. The van der Waals surface area contributed by atoms with E-state index >= 15 is 0 Å². The van der Waals surface area contributed by atoms with E-state index in [0.717, 1.165) is 28.0 Å². The van der Waals surface area contributed by atoms with Crippen molar-refractivity contribution in [3.8, 4) is 11.1 Å². The lowest BCUT2D eigenvalue weighted by Crippen LogP contribution is -2.44. The molecule has 0 aliphatic carbocycles. The number of Topliss-reactive ketones (excluding diaryl/α,β-unsaturated/α-hetero) is 1. The molecule has 2 aliphatic rings. The van der Waals surface area contributed by atoms with E-state index in [1.165, 1.54) is 6.20 Å². The van der Waals surface area contributed by atoms with Crippen molar-refractivity contribution >= 4 is 11.5 Å². The Morgan fingerprint density at radius 1 is 1.08 bits per heavy atom. The fraction of sp³-hybridized carbons (Fsp3) is 0.200. The highest BCUT2D eigenvalue weighted by Gasteiger charge is 2.30. The number of pyridine rings is 1. The van der Waals surface area contributed by atoms with Crippen LogP contribution < -0.4 is 10.7 Å². The number of allylic oxidation sites excluding steroid dienone is 1. The standard InChI is InChI=1S/C20H19FN4O/c1-13-9-25(22)11-14-10-24(12-18(26)19(13)14)17-7-3-2-5-15(17)16-6-4-8-23-20(16)21/h2-9H,10-12,22H2,1H3. The molecule has 1 aromatic carbocycles. The molecule has 2 aromatic rings. The van der Waals surface area contributed by atoms with Crippen molar-refractivity contribution in [2.24, 2.45) is 5.84 Å². The van der Waals surface area contributed by atoms with Crippen LogP contribution in [-0.2, 0) is 4.79 Å². The predicted molar refractivity (Wildman–Crippen MR) is 98.5 cm³/mol. The van der Waals surface area contributed by atoms with Crippen molar-refractivity contribution in [1.82, 2.24) is 9.99 Å². The minimum atomic E-state index is -0.521. The maximum Gasteiger partial charge on any atom is 0.220 e. The van der Waals surface area contributed by atoms with Gasteiger partial charge in [-0.15, -0.1) is 0 Å². The molecule has 0 fully saturated rings. The van der Waals surface area contributed by atoms with Crippen LogP contribution in [0.15, 0.2) is 65.5 Å². The van der Waals surface area contributed by atoms with Crippen molar-refractivity contribution in [3.63, 3.8) is 0 Å². The molecule has 132 valence electrons. The number of anilines is 1. The molecule has 0 amide bonds. The molecule has 6 heteroatoms. The minimum Gasteiger partial charge on any atom is -0.359 e. The van der Waals surface area contributed by atoms with Gasteiger partial charge in [0.2, 0.25) is 5.95 Å². The van der Waals surface area contributed by atoms with Gasteiger partial charge < -0.3 is 9.91 Å². The van der Waals surface area contributed by atoms with Crippen LogP contribution in [0.2, 0.25) is 0 Å². The van der Waals surface area contributed by atoms with Crippen LogP contribution in [0.1, 0.15) is 6.92 Å². The quantitative estimate of drug-likeness (QED) is 0.666. The number of hydrazine groups is 1. The average molecular weight is 350 g/mol. The molecule has 5 nitrogen and oxygen atoms in total. The van der Waals surface area contributed by atoms with Crippen molar-refractivity contribution in [2.45, 2.75) is 6.92 Å². The van der Waals surface area contributed by atoms with Gasteiger partial charge in [-0.25, -0.2) is 10.8 Å². The third-order valence-electron chi connectivity index (χ3n) is 4.77. The summed E-state index contributed by atoms with van der Waals surface area (Å²) in [5, 5.41) is 1.59. The van der Waals surface area contributed by atoms with E-state index in [2.05, 4.69) is 4.98 Å². The summed E-state index contributed by atoms with van der Waals surface area (Å²) in [5.41, 5.74) is 4.64. The van der Waals surface area contributed by atoms with E-state index < -0.39 is 5.95 Å². The molecule has 1 aromatic heterocycles. The highest BCUT2D eigenvalue weighted by atomic mass is 19.1. The summed E-state index contributed by atoms with van der Waals surface area (Å²) in [6, 6.07) is 10.9. The molecule has 0 unspecified atom stereocenters. The van der Waals surface area contributed by atoms with Crippen LogP contribution in [0, 0.1) is 5.95 Å². The topological polar surface area (TPSA) is 62.5 Å². The second-order valence-electron chi connectivity index (χ2n) is 6.60. The zero-order valence-electron chi connectivity index (χ0n) is 14.4. The highest BCUT2D eigenvalue weighted by molar-refractivity contribution is 6.05. The Morgan fingerprint density at radius 2 is 1.85 bits per heavy atom. The molecule has 0 saturated carbocycles. The van der Waals surface area contributed by atoms with Crippen molar-refractivity contribution in [2.75, 3.05) is 24.5 Å². The highest BCUT2D eigenvalue weighted by Crippen LogP contribution is 2.35. The number of halogens is 1. The number of ketones is 1. The number of hydrogen-bond acceptors (Lipinski definition) is 5. The normalized spacial score (nSPS) is 17.3. The molecule has 3 heterocycles. The molecular formula is C20H19FN4O. The summed E-state index contributed by atoms with van der Waals surface area (Å²) < 4.78 is 14.2. The number of para-hydroxylation sites is 1. The Balaban J connectivity index is 1.76. The van der Waals surface area contributed by atoms with Crippen LogP contribution in [0.5, 0.6) is 0 Å². The second kappa shape index (κ2) is 6.38. The van der Waals surface area contributed by atoms with E-state index in [4.69, 9.17) is 5.84 Å². The molecular weight excluding hydrogens is 331 g/mol. The van der Waals surface area contributed by atoms with Gasteiger partial charge in [-0.05, 0) is 36.3 Å². The monoisotopic (exact) mass is 350 g/mol. The Labute approximate surface area is 151 Å². The van der Waals surface area contributed by atoms with E-state index in [9.17, 15) is 9.18 Å². The first-order valence-electron chi connectivity index (χ1n) is 8.45. The molecule has 0 atom stereocenters. The largest absolute Gasteiger partial charge is 0.359 e. The molecule has 0 radical (unpaired) electrons. The van der Waals surface area contributed by atoms with Gasteiger partial charge in [-0.2, -0.15) is 4.39 Å². The van der Waals surface area contributed by atoms with Crippen LogP contribution in [0.3, 0.4) is 0 Å². The number of hydrogen-bond donors (Lipinski definition) is 1. The summed E-state index contributed by atoms with van der Waals surface area (Å²) >= 11 is 0. The smallest absolute Gasteiger partial charge is 0.220 e. The third kappa shape index (κ3) is 2.78. The number of carbonyl (C=O) groups excluding carboxylic acids is 1. The minimum absolute atomic E-state index is 0.0644. The molecule has 0 bridgehead atoms. The fourth-order valence-electron chi connectivity index (χ4n) is 3.76. The molecule has 4 rings (SSSR count).